The van der Waals surface area contributed by atoms with Crippen molar-refractivity contribution in [3.05, 3.63) is 93.4 Å². The fourth-order valence-corrected chi connectivity index (χ4v) is 4.58. The second-order valence-corrected chi connectivity index (χ2v) is 8.40. The lowest BCUT2D eigenvalue weighted by Gasteiger charge is -2.06. The van der Waals surface area contributed by atoms with Crippen LogP contribution in [-0.4, -0.2) is 18.0 Å². The first-order valence-electron chi connectivity index (χ1n) is 9.94. The summed E-state index contributed by atoms with van der Waals surface area (Å²) in [6.45, 7) is 2.48. The average molecular weight is 417 g/mol. The molecule has 1 N–H and O–H groups in total. The number of nitrogens with zero attached hydrogens (tertiary/aromatic N) is 1. The number of carbonyl (C=O) groups excluding carboxylic acids is 1. The number of carbonyl (C=O) groups is 1. The molecule has 3 aromatic carbocycles. The zero-order chi connectivity index (χ0) is 20.9. The topological polar surface area (TPSA) is 51.2 Å². The molecule has 0 unspecified atom stereocenters. The molecule has 0 atom stereocenters. The van der Waals surface area contributed by atoms with Crippen LogP contribution in [0.1, 0.15) is 26.7 Å². The number of hydrogen-bond donors (Lipinski definition) is 1. The molecule has 1 heterocycles. The number of fused-ring (bicyclic) bond motifs is 1. The molecule has 4 nitrogen and oxygen atoms in total. The van der Waals surface area contributed by atoms with E-state index in [-0.39, 0.29) is 5.91 Å². The van der Waals surface area contributed by atoms with Gasteiger partial charge in [-0.05, 0) is 41.0 Å². The highest BCUT2D eigenvalue weighted by Crippen LogP contribution is 2.25. The van der Waals surface area contributed by atoms with E-state index in [9.17, 15) is 4.79 Å². The van der Waals surface area contributed by atoms with Crippen molar-refractivity contribution >= 4 is 28.0 Å². The Morgan fingerprint density at radius 1 is 1.03 bits per heavy atom. The Balaban J connectivity index is 1.40. The van der Waals surface area contributed by atoms with Gasteiger partial charge in [-0.15, -0.1) is 11.3 Å². The molecule has 0 aliphatic carbocycles. The molecule has 0 aliphatic rings. The Morgan fingerprint density at radius 3 is 2.60 bits per heavy atom. The highest BCUT2D eigenvalue weighted by Gasteiger charge is 2.13. The summed E-state index contributed by atoms with van der Waals surface area (Å²) >= 11 is 1.63. The Bertz CT molecular complexity index is 1160. The summed E-state index contributed by atoms with van der Waals surface area (Å²) in [5.74, 6) is 0.818. The van der Waals surface area contributed by atoms with E-state index in [0.717, 1.165) is 33.3 Å². The molecule has 0 fully saturated rings. The third kappa shape index (κ3) is 4.69. The van der Waals surface area contributed by atoms with Crippen LogP contribution < -0.4 is 10.1 Å². The van der Waals surface area contributed by atoms with Gasteiger partial charge in [0, 0.05) is 17.8 Å². The number of benzene rings is 3. The van der Waals surface area contributed by atoms with Crippen molar-refractivity contribution in [3.8, 4) is 5.75 Å². The first kappa shape index (κ1) is 20.1. The smallest absolute Gasteiger partial charge is 0.225 e. The summed E-state index contributed by atoms with van der Waals surface area (Å²) in [6.07, 6.45) is 1.13. The predicted molar refractivity (Wildman–Crippen MR) is 122 cm³/mol. The molecule has 0 spiro atoms. The van der Waals surface area contributed by atoms with Crippen LogP contribution in [0.5, 0.6) is 5.75 Å². The molecule has 1 aromatic heterocycles. The number of ether oxygens (including phenoxy) is 1. The summed E-state index contributed by atoms with van der Waals surface area (Å²) in [5, 5.41) is 6.53. The molecule has 30 heavy (non-hydrogen) atoms. The summed E-state index contributed by atoms with van der Waals surface area (Å²) in [6, 6.07) is 22.5. The second-order valence-electron chi connectivity index (χ2n) is 7.23. The van der Waals surface area contributed by atoms with Crippen molar-refractivity contribution in [1.82, 2.24) is 10.3 Å². The van der Waals surface area contributed by atoms with Crippen LogP contribution in [-0.2, 0) is 24.2 Å². The van der Waals surface area contributed by atoms with Gasteiger partial charge in [-0.2, -0.15) is 0 Å². The summed E-state index contributed by atoms with van der Waals surface area (Å²) in [7, 11) is 1.64. The Hall–Kier alpha value is -3.18. The van der Waals surface area contributed by atoms with Gasteiger partial charge in [0.05, 0.1) is 24.2 Å². The maximum Gasteiger partial charge on any atom is 0.225 e. The van der Waals surface area contributed by atoms with Crippen molar-refractivity contribution in [3.63, 3.8) is 0 Å². The van der Waals surface area contributed by atoms with Crippen LogP contribution >= 0.6 is 11.3 Å². The molecule has 0 saturated heterocycles. The quantitative estimate of drug-likeness (QED) is 0.458. The fraction of sp³-hybridized carbons (Fsp3) is 0.200. The molecule has 4 rings (SSSR count). The molecular weight excluding hydrogens is 392 g/mol. The lowest BCUT2D eigenvalue weighted by Crippen LogP contribution is -2.24. The minimum Gasteiger partial charge on any atom is -0.497 e. The molecule has 0 radical (unpaired) electrons. The van der Waals surface area contributed by atoms with E-state index in [4.69, 9.17) is 9.72 Å². The van der Waals surface area contributed by atoms with Gasteiger partial charge < -0.3 is 10.1 Å². The molecule has 0 aliphatic heterocycles. The normalized spacial score (nSPS) is 10.9. The number of aromatic nitrogens is 1. The Morgan fingerprint density at radius 2 is 1.80 bits per heavy atom. The van der Waals surface area contributed by atoms with Gasteiger partial charge in [0.1, 0.15) is 5.75 Å². The molecule has 5 heteroatoms. The van der Waals surface area contributed by atoms with Gasteiger partial charge in [0.2, 0.25) is 5.91 Å². The zero-order valence-corrected chi connectivity index (χ0v) is 18.0. The molecular formula is C25H24N2O2S. The summed E-state index contributed by atoms with van der Waals surface area (Å²) < 4.78 is 5.16. The zero-order valence-electron chi connectivity index (χ0n) is 17.1. The minimum atomic E-state index is 0.00859. The van der Waals surface area contributed by atoms with E-state index < -0.39 is 0 Å². The fourth-order valence-electron chi connectivity index (χ4n) is 3.49. The molecule has 0 saturated carbocycles. The third-order valence-corrected chi connectivity index (χ3v) is 6.29. The molecule has 0 bridgehead atoms. The highest BCUT2D eigenvalue weighted by atomic mass is 32.1. The summed E-state index contributed by atoms with van der Waals surface area (Å²) in [5.41, 5.74) is 3.24. The van der Waals surface area contributed by atoms with Crippen molar-refractivity contribution < 1.29 is 9.53 Å². The van der Waals surface area contributed by atoms with Crippen LogP contribution in [0.25, 0.3) is 10.8 Å². The minimum absolute atomic E-state index is 0.00859. The maximum atomic E-state index is 12.4. The Kier molecular flexibility index (Phi) is 6.10. The van der Waals surface area contributed by atoms with Crippen LogP contribution in [0.3, 0.4) is 0 Å². The van der Waals surface area contributed by atoms with E-state index in [1.54, 1.807) is 18.4 Å². The molecule has 4 aromatic rings. The number of thiazole rings is 1. The van der Waals surface area contributed by atoms with Gasteiger partial charge in [-0.3, -0.25) is 4.79 Å². The van der Waals surface area contributed by atoms with E-state index in [1.165, 1.54) is 16.3 Å². The molecule has 152 valence electrons. The SMILES string of the molecule is COc1ccc(CNC(=O)Cc2sc(Cc3cccc4ccccc34)nc2C)cc1. The van der Waals surface area contributed by atoms with E-state index in [0.29, 0.717) is 13.0 Å². The van der Waals surface area contributed by atoms with Crippen molar-refractivity contribution in [2.75, 3.05) is 7.11 Å². The number of methoxy groups -OCH3 is 1. The van der Waals surface area contributed by atoms with Crippen molar-refractivity contribution in [2.45, 2.75) is 26.3 Å². The van der Waals surface area contributed by atoms with Crippen LogP contribution in [0.15, 0.2) is 66.7 Å². The number of aryl methyl sites for hydroxylation is 1. The van der Waals surface area contributed by atoms with Crippen molar-refractivity contribution in [2.24, 2.45) is 0 Å². The second kappa shape index (κ2) is 9.09. The van der Waals surface area contributed by atoms with E-state index >= 15 is 0 Å². The largest absolute Gasteiger partial charge is 0.497 e. The van der Waals surface area contributed by atoms with Gasteiger partial charge in [0.15, 0.2) is 0 Å². The van der Waals surface area contributed by atoms with Crippen LogP contribution in [0.2, 0.25) is 0 Å². The van der Waals surface area contributed by atoms with Gasteiger partial charge in [0.25, 0.3) is 0 Å². The first-order chi connectivity index (χ1) is 14.6. The number of nitrogens with one attached hydrogen (secondary N) is 1. The maximum absolute atomic E-state index is 12.4. The van der Waals surface area contributed by atoms with Gasteiger partial charge in [-0.25, -0.2) is 4.98 Å². The average Bonchev–Trinajstić information content (AvgIpc) is 3.11. The van der Waals surface area contributed by atoms with Gasteiger partial charge in [-0.1, -0.05) is 54.6 Å². The third-order valence-electron chi connectivity index (χ3n) is 5.13. The van der Waals surface area contributed by atoms with Crippen molar-refractivity contribution in [1.29, 1.82) is 0 Å². The van der Waals surface area contributed by atoms with E-state index in [1.807, 2.05) is 31.2 Å². The number of rotatable bonds is 7. The van der Waals surface area contributed by atoms with E-state index in [2.05, 4.69) is 47.8 Å². The Labute approximate surface area is 180 Å². The lowest BCUT2D eigenvalue weighted by molar-refractivity contribution is -0.120. The summed E-state index contributed by atoms with van der Waals surface area (Å²) in [4.78, 5) is 18.2. The monoisotopic (exact) mass is 416 g/mol. The first-order valence-corrected chi connectivity index (χ1v) is 10.8. The molecule has 1 amide bonds. The van der Waals surface area contributed by atoms with Gasteiger partial charge >= 0.3 is 0 Å². The number of amides is 1. The predicted octanol–water partition coefficient (Wildman–Crippen LogP) is 5.06. The van der Waals surface area contributed by atoms with Crippen LogP contribution in [0.4, 0.5) is 0 Å². The highest BCUT2D eigenvalue weighted by molar-refractivity contribution is 7.11. The lowest BCUT2D eigenvalue weighted by atomic mass is 10.0. The number of hydrogen-bond acceptors (Lipinski definition) is 4. The van der Waals surface area contributed by atoms with Crippen LogP contribution in [0, 0.1) is 6.92 Å². The standard InChI is InChI=1S/C25H24N2O2S/c1-17-23(15-24(28)26-16-18-10-12-21(29-2)13-11-18)30-25(27-17)14-20-8-5-7-19-6-3-4-9-22(19)20/h3-13H,14-16H2,1-2H3,(H,26,28).